The Kier molecular flexibility index (Phi) is 5.78. The molecule has 1 aromatic carbocycles. The van der Waals surface area contributed by atoms with Gasteiger partial charge >= 0.3 is 5.97 Å². The predicted octanol–water partition coefficient (Wildman–Crippen LogP) is 4.61. The number of hydrogen-bond acceptors (Lipinski definition) is 3. The van der Waals surface area contributed by atoms with Crippen LogP contribution in [0, 0.1) is 0 Å². The van der Waals surface area contributed by atoms with Crippen LogP contribution in [-0.2, 0) is 14.0 Å². The zero-order chi connectivity index (χ0) is 16.1. The van der Waals surface area contributed by atoms with Crippen molar-refractivity contribution in [3.63, 3.8) is 0 Å². The molecule has 0 aliphatic rings. The van der Waals surface area contributed by atoms with Crippen LogP contribution in [0.3, 0.4) is 0 Å². The van der Waals surface area contributed by atoms with E-state index in [2.05, 4.69) is 33.9 Å². The summed E-state index contributed by atoms with van der Waals surface area (Å²) < 4.78 is 11.2. The van der Waals surface area contributed by atoms with Crippen molar-refractivity contribution in [1.82, 2.24) is 0 Å². The van der Waals surface area contributed by atoms with E-state index in [9.17, 15) is 4.79 Å². The number of ether oxygens (including phenoxy) is 1. The Morgan fingerprint density at radius 3 is 2.24 bits per heavy atom. The first-order chi connectivity index (χ1) is 9.69. The fourth-order valence-electron chi connectivity index (χ4n) is 1.44. The second-order valence-electron chi connectivity index (χ2n) is 6.50. The minimum Gasteiger partial charge on any atom is -0.548 e. The van der Waals surface area contributed by atoms with Crippen LogP contribution >= 0.6 is 0 Å². The molecule has 0 unspecified atom stereocenters. The normalized spacial score (nSPS) is 13.0. The van der Waals surface area contributed by atoms with E-state index in [1.807, 2.05) is 30.3 Å². The average Bonchev–Trinajstić information content (AvgIpc) is 2.39. The monoisotopic (exact) mass is 306 g/mol. The van der Waals surface area contributed by atoms with Crippen LogP contribution in [0.4, 0.5) is 0 Å². The largest absolute Gasteiger partial charge is 0.548 e. The van der Waals surface area contributed by atoms with E-state index < -0.39 is 8.32 Å². The van der Waals surface area contributed by atoms with Gasteiger partial charge in [0.1, 0.15) is 0 Å². The Morgan fingerprint density at radius 1 is 1.19 bits per heavy atom. The second kappa shape index (κ2) is 6.94. The van der Waals surface area contributed by atoms with E-state index >= 15 is 0 Å². The Morgan fingerprint density at radius 2 is 1.76 bits per heavy atom. The van der Waals surface area contributed by atoms with Crippen molar-refractivity contribution in [2.24, 2.45) is 0 Å². The van der Waals surface area contributed by atoms with Gasteiger partial charge in [-0.15, -0.1) is 0 Å². The number of carbonyl (C=O) groups excluding carboxylic acids is 1. The van der Waals surface area contributed by atoms with Gasteiger partial charge in [0.15, 0.2) is 0 Å². The third-order valence-corrected chi connectivity index (χ3v) is 8.18. The molecule has 0 saturated carbocycles. The summed E-state index contributed by atoms with van der Waals surface area (Å²) in [6.07, 6.45) is 1.59. The number of carbonyl (C=O) groups is 1. The first-order valence-corrected chi connectivity index (χ1v) is 10.2. The summed E-state index contributed by atoms with van der Waals surface area (Å²) in [6, 6.07) is 9.49. The molecule has 0 N–H and O–H groups in total. The van der Waals surface area contributed by atoms with Crippen LogP contribution in [0.15, 0.2) is 36.6 Å². The molecule has 0 aliphatic heterocycles. The number of rotatable bonds is 5. The van der Waals surface area contributed by atoms with Crippen LogP contribution in [-0.4, -0.2) is 20.9 Å². The third-order valence-electron chi connectivity index (χ3n) is 3.86. The van der Waals surface area contributed by atoms with E-state index in [0.717, 1.165) is 5.56 Å². The van der Waals surface area contributed by atoms with E-state index in [1.54, 1.807) is 13.2 Å². The number of esters is 1. The minimum absolute atomic E-state index is 0.0833. The van der Waals surface area contributed by atoms with Crippen molar-refractivity contribution in [3.8, 4) is 0 Å². The van der Waals surface area contributed by atoms with Crippen molar-refractivity contribution >= 4 is 19.9 Å². The van der Waals surface area contributed by atoms with Gasteiger partial charge in [0.2, 0.25) is 8.32 Å². The van der Waals surface area contributed by atoms with Gasteiger partial charge in [-0.05, 0) is 30.6 Å². The fourth-order valence-corrected chi connectivity index (χ4v) is 2.21. The number of hydrogen-bond donors (Lipinski definition) is 0. The molecule has 1 aromatic rings. The molecule has 0 amide bonds. The topological polar surface area (TPSA) is 35.5 Å². The lowest BCUT2D eigenvalue weighted by molar-refractivity contribution is -0.136. The van der Waals surface area contributed by atoms with Crippen molar-refractivity contribution in [2.75, 3.05) is 6.61 Å². The van der Waals surface area contributed by atoms with E-state index in [4.69, 9.17) is 9.16 Å². The summed E-state index contributed by atoms with van der Waals surface area (Å²) in [5.74, 6) is -0.345. The highest BCUT2D eigenvalue weighted by molar-refractivity contribution is 6.74. The van der Waals surface area contributed by atoms with Crippen molar-refractivity contribution < 1.29 is 14.0 Å². The van der Waals surface area contributed by atoms with Gasteiger partial charge in [-0.3, -0.25) is 0 Å². The molecule has 0 fully saturated rings. The van der Waals surface area contributed by atoms with Gasteiger partial charge in [0.25, 0.3) is 0 Å². The molecule has 3 nitrogen and oxygen atoms in total. The third kappa shape index (κ3) is 4.74. The summed E-state index contributed by atoms with van der Waals surface area (Å²) in [6.45, 7) is 13.0. The van der Waals surface area contributed by atoms with Gasteiger partial charge in [-0.1, -0.05) is 51.1 Å². The van der Waals surface area contributed by atoms with Crippen molar-refractivity contribution in [2.45, 2.75) is 45.8 Å². The van der Waals surface area contributed by atoms with Crippen molar-refractivity contribution in [1.29, 1.82) is 0 Å². The van der Waals surface area contributed by atoms with Crippen LogP contribution in [0.2, 0.25) is 18.1 Å². The lowest BCUT2D eigenvalue weighted by Gasteiger charge is -2.35. The quantitative estimate of drug-likeness (QED) is 0.345. The van der Waals surface area contributed by atoms with E-state index in [0.29, 0.717) is 12.2 Å². The Balaban J connectivity index is 3.08. The first kappa shape index (κ1) is 17.5. The Bertz CT molecular complexity index is 499. The number of benzene rings is 1. The van der Waals surface area contributed by atoms with Crippen LogP contribution in [0.5, 0.6) is 0 Å². The van der Waals surface area contributed by atoms with E-state index in [-0.39, 0.29) is 11.0 Å². The highest BCUT2D eigenvalue weighted by Crippen LogP contribution is 2.37. The predicted molar refractivity (Wildman–Crippen MR) is 89.3 cm³/mol. The van der Waals surface area contributed by atoms with Gasteiger partial charge in [0.05, 0.1) is 18.4 Å². The molecule has 4 heteroatoms. The zero-order valence-electron chi connectivity index (χ0n) is 13.9. The van der Waals surface area contributed by atoms with Gasteiger partial charge in [-0.25, -0.2) is 4.79 Å². The lowest BCUT2D eigenvalue weighted by Crippen LogP contribution is -2.39. The molecule has 116 valence electrons. The summed E-state index contributed by atoms with van der Waals surface area (Å²) in [5, 5.41) is 0.0833. The maximum absolute atomic E-state index is 12.2. The van der Waals surface area contributed by atoms with Crippen LogP contribution in [0.1, 0.15) is 33.3 Å². The smallest absolute Gasteiger partial charge is 0.341 e. The standard InChI is InChI=1S/C17H26O3Si/c1-7-19-16(18)15(14-11-9-8-10-12-14)13-20-21(5,6)17(2,3)4/h8-13H,7H2,1-6H3/b15-13-. The average molecular weight is 306 g/mol. The summed E-state index contributed by atoms with van der Waals surface area (Å²) in [7, 11) is -1.95. The van der Waals surface area contributed by atoms with Gasteiger partial charge < -0.3 is 9.16 Å². The Hall–Kier alpha value is -1.55. The molecule has 0 aliphatic carbocycles. The molecular weight excluding hydrogens is 280 g/mol. The molecule has 0 aromatic heterocycles. The van der Waals surface area contributed by atoms with Crippen LogP contribution in [0.25, 0.3) is 5.57 Å². The molecular formula is C17H26O3Si. The molecule has 0 bridgehead atoms. The molecule has 0 atom stereocenters. The van der Waals surface area contributed by atoms with Crippen LogP contribution < -0.4 is 0 Å². The summed E-state index contributed by atoms with van der Waals surface area (Å²) in [5.41, 5.74) is 1.29. The zero-order valence-corrected chi connectivity index (χ0v) is 14.9. The molecule has 0 radical (unpaired) electrons. The maximum Gasteiger partial charge on any atom is 0.341 e. The fraction of sp³-hybridized carbons (Fsp3) is 0.471. The highest BCUT2D eigenvalue weighted by Gasteiger charge is 2.38. The minimum atomic E-state index is -1.95. The molecule has 0 spiro atoms. The molecule has 0 heterocycles. The lowest BCUT2D eigenvalue weighted by atomic mass is 10.1. The Labute approximate surface area is 129 Å². The van der Waals surface area contributed by atoms with Gasteiger partial charge in [-0.2, -0.15) is 0 Å². The molecule has 21 heavy (non-hydrogen) atoms. The summed E-state index contributed by atoms with van der Waals surface area (Å²) >= 11 is 0. The van der Waals surface area contributed by atoms with Crippen molar-refractivity contribution in [3.05, 3.63) is 42.2 Å². The van der Waals surface area contributed by atoms with E-state index in [1.165, 1.54) is 0 Å². The first-order valence-electron chi connectivity index (χ1n) is 7.29. The maximum atomic E-state index is 12.2. The SMILES string of the molecule is CCOC(=O)/C(=C\O[Si](C)(C)C(C)(C)C)c1ccccc1. The van der Waals surface area contributed by atoms with Gasteiger partial charge in [0, 0.05) is 0 Å². The molecule has 0 saturated heterocycles. The highest BCUT2D eigenvalue weighted by atomic mass is 28.4. The summed E-state index contributed by atoms with van der Waals surface area (Å²) in [4.78, 5) is 12.2. The molecule has 1 rings (SSSR count). The second-order valence-corrected chi connectivity index (χ2v) is 11.3.